The molecule has 100 valence electrons. The number of aliphatic hydroxyl groups excluding tert-OH is 2. The van der Waals surface area contributed by atoms with Gasteiger partial charge in [0.15, 0.2) is 6.23 Å². The number of hydrogen-bond donors (Lipinski definition) is 3. The highest BCUT2D eigenvalue weighted by Crippen LogP contribution is 2.34. The maximum absolute atomic E-state index is 11.7. The molecule has 0 bridgehead atoms. The summed E-state index contributed by atoms with van der Waals surface area (Å²) in [5, 5.41) is 19.6. The number of nitrogens with two attached hydrogens (primary N) is 1. The Bertz CT molecular complexity index is 487. The molecule has 0 spiro atoms. The fourth-order valence-corrected chi connectivity index (χ4v) is 2.22. The average Bonchev–Trinajstić information content (AvgIpc) is 2.57. The maximum atomic E-state index is 11.7. The van der Waals surface area contributed by atoms with Crippen LogP contribution in [0.5, 0.6) is 0 Å². The summed E-state index contributed by atoms with van der Waals surface area (Å²) in [5.74, 6) is -0.164. The first kappa shape index (κ1) is 13.0. The van der Waals surface area contributed by atoms with E-state index >= 15 is 0 Å². The number of aromatic nitrogens is 2. The highest BCUT2D eigenvalue weighted by molar-refractivity contribution is 5.23. The van der Waals surface area contributed by atoms with Crippen molar-refractivity contribution in [2.45, 2.75) is 38.4 Å². The van der Waals surface area contributed by atoms with E-state index in [0.717, 1.165) is 0 Å². The molecular weight excluding hydrogens is 238 g/mol. The number of anilines is 1. The van der Waals surface area contributed by atoms with Gasteiger partial charge in [0.05, 0.1) is 12.2 Å². The van der Waals surface area contributed by atoms with Crippen LogP contribution in [-0.2, 0) is 4.74 Å². The van der Waals surface area contributed by atoms with Gasteiger partial charge in [0, 0.05) is 12.1 Å². The van der Waals surface area contributed by atoms with Gasteiger partial charge in [-0.05, 0) is 13.0 Å². The highest BCUT2D eigenvalue weighted by Gasteiger charge is 2.44. The normalized spacial score (nSPS) is 33.6. The molecule has 7 nitrogen and oxygen atoms in total. The van der Waals surface area contributed by atoms with Crippen LogP contribution in [0.15, 0.2) is 17.1 Å². The van der Waals surface area contributed by atoms with Crippen molar-refractivity contribution in [3.05, 3.63) is 22.7 Å². The number of nitrogens with zero attached hydrogens (tertiary/aromatic N) is 2. The van der Waals surface area contributed by atoms with E-state index in [0.29, 0.717) is 0 Å². The number of aliphatic hydroxyl groups is 2. The minimum Gasteiger partial charge on any atom is -0.391 e. The van der Waals surface area contributed by atoms with Gasteiger partial charge in [0.1, 0.15) is 11.9 Å². The summed E-state index contributed by atoms with van der Waals surface area (Å²) in [6.07, 6.45) is -1.55. The Morgan fingerprint density at radius 1 is 1.61 bits per heavy atom. The van der Waals surface area contributed by atoms with E-state index in [1.165, 1.54) is 16.8 Å². The summed E-state index contributed by atoms with van der Waals surface area (Å²) in [7, 11) is 0. The third-order valence-corrected chi connectivity index (χ3v) is 3.25. The summed E-state index contributed by atoms with van der Waals surface area (Å²) in [6.45, 7) is 3.35. The minimum atomic E-state index is -0.882. The average molecular weight is 255 g/mol. The quantitative estimate of drug-likeness (QED) is 0.631. The van der Waals surface area contributed by atoms with Crippen molar-refractivity contribution in [3.8, 4) is 0 Å². The Morgan fingerprint density at radius 3 is 2.78 bits per heavy atom. The molecule has 0 aromatic carbocycles. The second-order valence-corrected chi connectivity index (χ2v) is 4.62. The summed E-state index contributed by atoms with van der Waals surface area (Å²) >= 11 is 0. The molecule has 0 amide bonds. The Balaban J connectivity index is 2.32. The predicted octanol–water partition coefficient (Wildman–Crippen LogP) is -0.899. The third-order valence-electron chi connectivity index (χ3n) is 3.25. The number of ether oxygens (including phenoxy) is 1. The van der Waals surface area contributed by atoms with Crippen LogP contribution in [0.4, 0.5) is 5.82 Å². The van der Waals surface area contributed by atoms with Gasteiger partial charge in [0.25, 0.3) is 0 Å². The van der Waals surface area contributed by atoms with Crippen LogP contribution in [0.1, 0.15) is 20.1 Å². The summed E-state index contributed by atoms with van der Waals surface area (Å²) in [5.41, 5.74) is 4.81. The summed E-state index contributed by atoms with van der Waals surface area (Å²) in [6, 6.07) is 1.46. The molecular formula is C11H17N3O4. The van der Waals surface area contributed by atoms with Crippen LogP contribution >= 0.6 is 0 Å². The van der Waals surface area contributed by atoms with E-state index in [9.17, 15) is 15.0 Å². The molecule has 0 saturated carbocycles. The van der Waals surface area contributed by atoms with Crippen LogP contribution in [0.3, 0.4) is 0 Å². The fourth-order valence-electron chi connectivity index (χ4n) is 2.22. The van der Waals surface area contributed by atoms with Crippen LogP contribution < -0.4 is 11.4 Å². The molecule has 2 heterocycles. The molecule has 1 aromatic rings. The van der Waals surface area contributed by atoms with Crippen LogP contribution in [-0.4, -0.2) is 38.1 Å². The van der Waals surface area contributed by atoms with Gasteiger partial charge in [0.2, 0.25) is 0 Å². The zero-order valence-corrected chi connectivity index (χ0v) is 10.2. The summed E-state index contributed by atoms with van der Waals surface area (Å²) in [4.78, 5) is 15.3. The van der Waals surface area contributed by atoms with E-state index in [4.69, 9.17) is 10.5 Å². The van der Waals surface area contributed by atoms with Crippen molar-refractivity contribution >= 4 is 5.82 Å². The zero-order chi connectivity index (χ0) is 13.4. The zero-order valence-electron chi connectivity index (χ0n) is 10.2. The largest absolute Gasteiger partial charge is 0.391 e. The lowest BCUT2D eigenvalue weighted by Crippen LogP contribution is -2.33. The van der Waals surface area contributed by atoms with Crippen molar-refractivity contribution < 1.29 is 14.9 Å². The third kappa shape index (κ3) is 2.12. The van der Waals surface area contributed by atoms with Crippen molar-refractivity contribution in [1.82, 2.24) is 9.55 Å². The molecule has 1 aromatic heterocycles. The Hall–Kier alpha value is -1.44. The van der Waals surface area contributed by atoms with Crippen LogP contribution in [0, 0.1) is 5.92 Å². The lowest BCUT2D eigenvalue weighted by molar-refractivity contribution is -0.0748. The fraction of sp³-hybridized carbons (Fsp3) is 0.636. The molecule has 1 fully saturated rings. The first-order valence-electron chi connectivity index (χ1n) is 5.78. The number of hydrogen-bond acceptors (Lipinski definition) is 6. The van der Waals surface area contributed by atoms with Crippen molar-refractivity contribution in [2.75, 3.05) is 5.73 Å². The second-order valence-electron chi connectivity index (χ2n) is 4.62. The summed E-state index contributed by atoms with van der Waals surface area (Å²) < 4.78 is 6.72. The molecule has 0 radical (unpaired) electrons. The predicted molar refractivity (Wildman–Crippen MR) is 63.7 cm³/mol. The standard InChI is InChI=1S/C11H17N3O4/c1-5-8(16)10(18-9(5)6(2)15)14-4-3-7(12)13-11(14)17/h3-6,8-10,15-16H,1-2H3,(H2,12,13,17)/t5-,6?,8+,9-,10+/m0/s1. The lowest BCUT2D eigenvalue weighted by atomic mass is 9.97. The van der Waals surface area contributed by atoms with E-state index < -0.39 is 30.2 Å². The van der Waals surface area contributed by atoms with Gasteiger partial charge in [-0.25, -0.2) is 4.79 Å². The monoisotopic (exact) mass is 255 g/mol. The molecule has 7 heteroatoms. The molecule has 1 saturated heterocycles. The minimum absolute atomic E-state index is 0.115. The molecule has 5 atom stereocenters. The van der Waals surface area contributed by atoms with Gasteiger partial charge < -0.3 is 20.7 Å². The Morgan fingerprint density at radius 2 is 2.28 bits per heavy atom. The molecule has 2 rings (SSSR count). The van der Waals surface area contributed by atoms with Crippen molar-refractivity contribution in [2.24, 2.45) is 5.92 Å². The molecule has 4 N–H and O–H groups in total. The van der Waals surface area contributed by atoms with Crippen LogP contribution in [0.25, 0.3) is 0 Å². The van der Waals surface area contributed by atoms with Crippen molar-refractivity contribution in [3.63, 3.8) is 0 Å². The van der Waals surface area contributed by atoms with E-state index in [1.54, 1.807) is 13.8 Å². The topological polar surface area (TPSA) is 111 Å². The first-order valence-corrected chi connectivity index (χ1v) is 5.78. The second kappa shape index (κ2) is 4.68. The van der Waals surface area contributed by atoms with Gasteiger partial charge in [-0.15, -0.1) is 0 Å². The van der Waals surface area contributed by atoms with E-state index in [-0.39, 0.29) is 11.7 Å². The van der Waals surface area contributed by atoms with Gasteiger partial charge in [-0.2, -0.15) is 4.98 Å². The first-order chi connectivity index (χ1) is 8.41. The lowest BCUT2D eigenvalue weighted by Gasteiger charge is -2.18. The van der Waals surface area contributed by atoms with Crippen LogP contribution in [0.2, 0.25) is 0 Å². The maximum Gasteiger partial charge on any atom is 0.351 e. The van der Waals surface area contributed by atoms with Gasteiger partial charge in [-0.3, -0.25) is 4.57 Å². The highest BCUT2D eigenvalue weighted by atomic mass is 16.5. The van der Waals surface area contributed by atoms with Gasteiger partial charge in [-0.1, -0.05) is 6.92 Å². The molecule has 1 unspecified atom stereocenters. The van der Waals surface area contributed by atoms with E-state index in [2.05, 4.69) is 4.98 Å². The Kier molecular flexibility index (Phi) is 3.38. The SMILES string of the molecule is CC(O)[C@H]1O[C@@H](n2ccc(N)nc2=O)[C@H](O)[C@@H]1C. The number of rotatable bonds is 2. The molecule has 18 heavy (non-hydrogen) atoms. The number of nitrogen functional groups attached to an aromatic ring is 1. The Labute approximate surface area is 104 Å². The van der Waals surface area contributed by atoms with Crippen molar-refractivity contribution in [1.29, 1.82) is 0 Å². The molecule has 0 aliphatic carbocycles. The smallest absolute Gasteiger partial charge is 0.351 e. The van der Waals surface area contributed by atoms with E-state index in [1.807, 2.05) is 0 Å². The molecule has 1 aliphatic rings. The van der Waals surface area contributed by atoms with Gasteiger partial charge >= 0.3 is 5.69 Å². The molecule has 1 aliphatic heterocycles.